The van der Waals surface area contributed by atoms with Crippen molar-refractivity contribution in [3.05, 3.63) is 0 Å². The van der Waals surface area contributed by atoms with E-state index in [0.717, 1.165) is 38.5 Å². The van der Waals surface area contributed by atoms with Crippen molar-refractivity contribution in [3.8, 4) is 12.1 Å². The Labute approximate surface area is 133 Å². The Morgan fingerprint density at radius 2 is 1.09 bits per heavy atom. The Balaban J connectivity index is 4.56. The summed E-state index contributed by atoms with van der Waals surface area (Å²) in [4.78, 5) is 0. The van der Waals surface area contributed by atoms with E-state index < -0.39 is 11.4 Å². The van der Waals surface area contributed by atoms with Gasteiger partial charge in [-0.15, -0.1) is 10.2 Å². The minimum atomic E-state index is -1.96. The van der Waals surface area contributed by atoms with Crippen LogP contribution in [0.5, 0.6) is 0 Å². The maximum absolute atomic E-state index is 10.0. The van der Waals surface area contributed by atoms with Crippen LogP contribution in [0.25, 0.3) is 0 Å². The zero-order valence-corrected chi connectivity index (χ0v) is 13.8. The highest BCUT2D eigenvalue weighted by atomic mass is 16.3. The molecule has 0 bridgehead atoms. The van der Waals surface area contributed by atoms with Gasteiger partial charge in [0.05, 0.1) is 0 Å². The van der Waals surface area contributed by atoms with Gasteiger partial charge in [-0.3, -0.25) is 0 Å². The van der Waals surface area contributed by atoms with Gasteiger partial charge in [-0.05, 0) is 12.8 Å². The van der Waals surface area contributed by atoms with Gasteiger partial charge in [0, 0.05) is 12.8 Å². The molecule has 0 radical (unpaired) electrons. The maximum atomic E-state index is 10.0. The molecule has 2 atom stereocenters. The SMILES string of the molecule is CCCCCCC(O)(C#N)N=NC(O)(C#N)CCCCCC. The molecular weight excluding hydrogens is 280 g/mol. The number of hydrogen-bond donors (Lipinski definition) is 2. The summed E-state index contributed by atoms with van der Waals surface area (Å²) in [5, 5.41) is 45.3. The van der Waals surface area contributed by atoms with Crippen molar-refractivity contribution >= 4 is 0 Å². The molecule has 0 aromatic heterocycles. The first-order valence-electron chi connectivity index (χ1n) is 8.16. The zero-order valence-electron chi connectivity index (χ0n) is 13.8. The molecule has 2 unspecified atom stereocenters. The fraction of sp³-hybridized carbons (Fsp3) is 0.875. The second kappa shape index (κ2) is 11.1. The molecule has 0 saturated carbocycles. The Kier molecular flexibility index (Phi) is 10.4. The first-order valence-corrected chi connectivity index (χ1v) is 8.16. The number of hydrogen-bond acceptors (Lipinski definition) is 6. The lowest BCUT2D eigenvalue weighted by Crippen LogP contribution is -2.28. The van der Waals surface area contributed by atoms with E-state index in [9.17, 15) is 10.2 Å². The summed E-state index contributed by atoms with van der Waals surface area (Å²) in [7, 11) is 0. The van der Waals surface area contributed by atoms with Crippen LogP contribution in [0, 0.1) is 22.7 Å². The van der Waals surface area contributed by atoms with Crippen LogP contribution >= 0.6 is 0 Å². The normalized spacial score (nSPS) is 16.6. The van der Waals surface area contributed by atoms with Crippen LogP contribution in [-0.2, 0) is 0 Å². The van der Waals surface area contributed by atoms with Gasteiger partial charge < -0.3 is 10.2 Å². The zero-order chi connectivity index (χ0) is 16.9. The first kappa shape index (κ1) is 20.5. The molecule has 6 nitrogen and oxygen atoms in total. The average molecular weight is 308 g/mol. The van der Waals surface area contributed by atoms with Crippen LogP contribution in [0.2, 0.25) is 0 Å². The summed E-state index contributed by atoms with van der Waals surface area (Å²) in [5.74, 6) is 0. The molecule has 2 N–H and O–H groups in total. The van der Waals surface area contributed by atoms with E-state index in [1.54, 1.807) is 12.1 Å². The topological polar surface area (TPSA) is 113 Å². The van der Waals surface area contributed by atoms with Crippen molar-refractivity contribution in [1.82, 2.24) is 0 Å². The Hall–Kier alpha value is -1.50. The first-order chi connectivity index (χ1) is 10.4. The standard InChI is InChI=1S/C16H28N4O2/c1-3-5-7-9-11-15(21,13-17)19-20-16(22,14-18)12-10-8-6-4-2/h21-22H,3-12H2,1-2H3. The van der Waals surface area contributed by atoms with Crippen LogP contribution < -0.4 is 0 Å². The molecule has 0 heterocycles. The van der Waals surface area contributed by atoms with E-state index in [1.807, 2.05) is 0 Å². The number of nitriles is 2. The third-order valence-electron chi connectivity index (χ3n) is 3.50. The quantitative estimate of drug-likeness (QED) is 0.324. The molecule has 0 aliphatic carbocycles. The average Bonchev–Trinajstić information content (AvgIpc) is 2.54. The summed E-state index contributed by atoms with van der Waals surface area (Å²) in [6.45, 7) is 4.14. The largest absolute Gasteiger partial charge is 0.357 e. The Bertz CT molecular complexity index is 375. The molecule has 0 fully saturated rings. The second-order valence-electron chi connectivity index (χ2n) is 5.68. The van der Waals surface area contributed by atoms with E-state index in [4.69, 9.17) is 10.5 Å². The Morgan fingerprint density at radius 3 is 1.36 bits per heavy atom. The third kappa shape index (κ3) is 8.71. The smallest absolute Gasteiger partial charge is 0.264 e. The number of rotatable bonds is 12. The molecule has 0 aromatic rings. The molecule has 0 rings (SSSR count). The number of nitrogens with zero attached hydrogens (tertiary/aromatic N) is 4. The third-order valence-corrected chi connectivity index (χ3v) is 3.50. The molecule has 0 aliphatic rings. The van der Waals surface area contributed by atoms with Crippen LogP contribution in [0.1, 0.15) is 78.1 Å². The van der Waals surface area contributed by atoms with Crippen LogP contribution in [-0.4, -0.2) is 21.7 Å². The fourth-order valence-electron chi connectivity index (χ4n) is 2.02. The van der Waals surface area contributed by atoms with Crippen molar-refractivity contribution in [1.29, 1.82) is 10.5 Å². The molecule has 0 amide bonds. The van der Waals surface area contributed by atoms with Gasteiger partial charge in [0.2, 0.25) is 0 Å². The number of unbranched alkanes of at least 4 members (excludes halogenated alkanes) is 6. The van der Waals surface area contributed by atoms with E-state index in [2.05, 4.69) is 24.1 Å². The van der Waals surface area contributed by atoms with Gasteiger partial charge in [-0.2, -0.15) is 10.5 Å². The molecular formula is C16H28N4O2. The van der Waals surface area contributed by atoms with Gasteiger partial charge in [0.1, 0.15) is 12.1 Å². The molecule has 22 heavy (non-hydrogen) atoms. The molecule has 0 spiro atoms. The minimum absolute atomic E-state index is 0.157. The monoisotopic (exact) mass is 308 g/mol. The highest BCUT2D eigenvalue weighted by molar-refractivity contribution is 5.01. The van der Waals surface area contributed by atoms with Crippen molar-refractivity contribution < 1.29 is 10.2 Å². The molecule has 0 saturated heterocycles. The van der Waals surface area contributed by atoms with Gasteiger partial charge >= 0.3 is 0 Å². The van der Waals surface area contributed by atoms with Gasteiger partial charge in [0.15, 0.2) is 0 Å². The van der Waals surface area contributed by atoms with Gasteiger partial charge in [0.25, 0.3) is 11.4 Å². The predicted molar refractivity (Wildman–Crippen MR) is 83.5 cm³/mol. The lowest BCUT2D eigenvalue weighted by molar-refractivity contribution is 0.0505. The Morgan fingerprint density at radius 1 is 0.727 bits per heavy atom. The van der Waals surface area contributed by atoms with E-state index in [0.29, 0.717) is 12.8 Å². The van der Waals surface area contributed by atoms with E-state index >= 15 is 0 Å². The molecule has 124 valence electrons. The lowest BCUT2D eigenvalue weighted by atomic mass is 10.1. The van der Waals surface area contributed by atoms with Crippen LogP contribution in [0.4, 0.5) is 0 Å². The van der Waals surface area contributed by atoms with Crippen molar-refractivity contribution in [2.75, 3.05) is 0 Å². The summed E-state index contributed by atoms with van der Waals surface area (Å²) in [6.07, 6.45) is 7.57. The number of aliphatic hydroxyl groups is 2. The maximum Gasteiger partial charge on any atom is 0.264 e. The fourth-order valence-corrected chi connectivity index (χ4v) is 2.02. The molecule has 0 aliphatic heterocycles. The minimum Gasteiger partial charge on any atom is -0.357 e. The summed E-state index contributed by atoms with van der Waals surface area (Å²) in [5.41, 5.74) is -3.91. The van der Waals surface area contributed by atoms with Crippen molar-refractivity contribution in [3.63, 3.8) is 0 Å². The summed E-state index contributed by atoms with van der Waals surface area (Å²) in [6, 6.07) is 3.41. The predicted octanol–water partition coefficient (Wildman–Crippen LogP) is 3.80. The lowest BCUT2D eigenvalue weighted by Gasteiger charge is -2.17. The highest BCUT2D eigenvalue weighted by Crippen LogP contribution is 2.22. The van der Waals surface area contributed by atoms with Crippen LogP contribution in [0.15, 0.2) is 10.2 Å². The highest BCUT2D eigenvalue weighted by Gasteiger charge is 2.30. The molecule has 0 aromatic carbocycles. The second-order valence-corrected chi connectivity index (χ2v) is 5.68. The summed E-state index contributed by atoms with van der Waals surface area (Å²) >= 11 is 0. The van der Waals surface area contributed by atoms with E-state index in [-0.39, 0.29) is 12.8 Å². The van der Waals surface area contributed by atoms with Crippen molar-refractivity contribution in [2.24, 2.45) is 10.2 Å². The van der Waals surface area contributed by atoms with E-state index in [1.165, 1.54) is 0 Å². The van der Waals surface area contributed by atoms with Crippen LogP contribution in [0.3, 0.4) is 0 Å². The van der Waals surface area contributed by atoms with Crippen molar-refractivity contribution in [2.45, 2.75) is 89.5 Å². The van der Waals surface area contributed by atoms with Gasteiger partial charge in [-0.1, -0.05) is 52.4 Å². The van der Waals surface area contributed by atoms with Gasteiger partial charge in [-0.25, -0.2) is 0 Å². The molecule has 6 heteroatoms. The summed E-state index contributed by atoms with van der Waals surface area (Å²) < 4.78 is 0. The number of azo groups is 1.